The summed E-state index contributed by atoms with van der Waals surface area (Å²) in [5.41, 5.74) is 1.33. The topological polar surface area (TPSA) is 42.3 Å². The summed E-state index contributed by atoms with van der Waals surface area (Å²) in [7, 11) is 0. The third-order valence-corrected chi connectivity index (χ3v) is 6.03. The van der Waals surface area contributed by atoms with Crippen LogP contribution in [0.25, 0.3) is 0 Å². The molecule has 0 saturated carbocycles. The minimum absolute atomic E-state index is 0. The Balaban J connectivity index is 0.00000121. The van der Waals surface area contributed by atoms with Gasteiger partial charge in [-0.1, -0.05) is 0 Å². The average Bonchev–Trinajstić information content (AvgIpc) is 3.31. The van der Waals surface area contributed by atoms with E-state index in [0.29, 0.717) is 11.8 Å². The number of ether oxygens (including phenoxy) is 1. The largest absolute Gasteiger partial charge is 0.381 e. The number of aromatic nitrogens is 2. The predicted molar refractivity (Wildman–Crippen MR) is 117 cm³/mol. The van der Waals surface area contributed by atoms with Crippen molar-refractivity contribution in [3.05, 3.63) is 17.7 Å². The maximum absolute atomic E-state index is 5.54. The molecule has 0 bridgehead atoms. The molecule has 1 N–H and O–H groups in total. The monoisotopic (exact) mass is 440 g/mol. The lowest BCUT2D eigenvalue weighted by atomic mass is 9.96. The molecule has 0 aliphatic carbocycles. The van der Waals surface area contributed by atoms with E-state index >= 15 is 0 Å². The highest BCUT2D eigenvalue weighted by atomic mass is 35.5. The Morgan fingerprint density at radius 3 is 2.26 bits per heavy atom. The van der Waals surface area contributed by atoms with Crippen molar-refractivity contribution in [3.63, 3.8) is 0 Å². The van der Waals surface area contributed by atoms with Crippen LogP contribution in [0, 0.1) is 0 Å². The van der Waals surface area contributed by atoms with Gasteiger partial charge in [-0.2, -0.15) is 0 Å². The summed E-state index contributed by atoms with van der Waals surface area (Å²) in [6, 6.07) is 0. The van der Waals surface area contributed by atoms with Gasteiger partial charge in [-0.3, -0.25) is 0 Å². The first-order chi connectivity index (χ1) is 11.9. The fourth-order valence-electron chi connectivity index (χ4n) is 4.48. The number of nitrogens with one attached hydrogen (secondary N) is 1. The molecular weight excluding hydrogens is 407 g/mol. The maximum Gasteiger partial charge on any atom is 0.112 e. The van der Waals surface area contributed by atoms with Gasteiger partial charge in [0.25, 0.3) is 0 Å². The second-order valence-corrected chi connectivity index (χ2v) is 7.68. The van der Waals surface area contributed by atoms with Crippen molar-refractivity contribution in [2.24, 2.45) is 0 Å². The number of rotatable bonds is 5. The summed E-state index contributed by atoms with van der Waals surface area (Å²) < 4.78 is 8.04. The molecule has 158 valence electrons. The zero-order valence-electron chi connectivity index (χ0n) is 16.1. The van der Waals surface area contributed by atoms with Gasteiger partial charge in [0.1, 0.15) is 5.82 Å². The van der Waals surface area contributed by atoms with Gasteiger partial charge in [0.15, 0.2) is 0 Å². The van der Waals surface area contributed by atoms with Gasteiger partial charge in [0.05, 0.1) is 5.69 Å². The van der Waals surface area contributed by atoms with Crippen molar-refractivity contribution in [1.82, 2.24) is 19.8 Å². The summed E-state index contributed by atoms with van der Waals surface area (Å²) in [6.07, 6.45) is 9.85. The highest BCUT2D eigenvalue weighted by Gasteiger charge is 2.25. The average molecular weight is 442 g/mol. The molecule has 4 heterocycles. The van der Waals surface area contributed by atoms with E-state index in [0.717, 1.165) is 45.7 Å². The van der Waals surface area contributed by atoms with Crippen LogP contribution in [0.2, 0.25) is 0 Å². The predicted octanol–water partition coefficient (Wildman–Crippen LogP) is 3.61. The van der Waals surface area contributed by atoms with Crippen LogP contribution >= 0.6 is 37.2 Å². The molecule has 3 aliphatic rings. The fourth-order valence-corrected chi connectivity index (χ4v) is 4.48. The molecule has 0 amide bonds. The minimum atomic E-state index is 0. The third kappa shape index (κ3) is 6.48. The van der Waals surface area contributed by atoms with E-state index in [4.69, 9.17) is 9.72 Å². The number of halogens is 3. The summed E-state index contributed by atoms with van der Waals surface area (Å²) >= 11 is 0. The van der Waals surface area contributed by atoms with Gasteiger partial charge in [0.2, 0.25) is 0 Å². The Hall–Kier alpha value is -0.0400. The Labute approximate surface area is 182 Å². The van der Waals surface area contributed by atoms with Gasteiger partial charge in [0, 0.05) is 44.3 Å². The first kappa shape index (κ1) is 25.0. The van der Waals surface area contributed by atoms with Gasteiger partial charge in [-0.05, 0) is 64.7 Å². The molecule has 1 aromatic rings. The second-order valence-electron chi connectivity index (χ2n) is 7.68. The smallest absolute Gasteiger partial charge is 0.112 e. The summed E-state index contributed by atoms with van der Waals surface area (Å²) in [4.78, 5) is 7.78. The molecule has 0 aromatic carbocycles. The zero-order chi connectivity index (χ0) is 16.2. The van der Waals surface area contributed by atoms with Crippen molar-refractivity contribution in [2.75, 3.05) is 45.9 Å². The van der Waals surface area contributed by atoms with Crippen molar-refractivity contribution in [3.8, 4) is 0 Å². The molecule has 0 radical (unpaired) electrons. The van der Waals surface area contributed by atoms with Gasteiger partial charge >= 0.3 is 0 Å². The van der Waals surface area contributed by atoms with Crippen molar-refractivity contribution in [2.45, 2.75) is 56.9 Å². The van der Waals surface area contributed by atoms with Crippen molar-refractivity contribution < 1.29 is 4.74 Å². The van der Waals surface area contributed by atoms with Crippen LogP contribution in [0.5, 0.6) is 0 Å². The molecule has 1 aromatic heterocycles. The molecule has 3 saturated heterocycles. The van der Waals surface area contributed by atoms with Gasteiger partial charge in [-0.25, -0.2) is 4.98 Å². The standard InChI is InChI=1S/C19H32N4O.3ClH/c1-2-10-22(9-1)11-12-23-15-18(16-5-13-24-14-6-16)21-19(23)17-3-7-20-8-4-17;;;/h15-17,20H,1-14H2;3*1H. The number of hydrogen-bond acceptors (Lipinski definition) is 4. The molecule has 0 atom stereocenters. The number of imidazole rings is 1. The molecule has 5 nitrogen and oxygen atoms in total. The van der Waals surface area contributed by atoms with E-state index in [2.05, 4.69) is 21.0 Å². The number of likely N-dealkylation sites (tertiary alicyclic amines) is 1. The quantitative estimate of drug-likeness (QED) is 0.758. The molecule has 27 heavy (non-hydrogen) atoms. The number of hydrogen-bond donors (Lipinski definition) is 1. The molecule has 8 heteroatoms. The van der Waals surface area contributed by atoms with E-state index in [9.17, 15) is 0 Å². The van der Waals surface area contributed by atoms with Crippen molar-refractivity contribution in [1.29, 1.82) is 0 Å². The Morgan fingerprint density at radius 2 is 1.59 bits per heavy atom. The molecule has 0 spiro atoms. The fraction of sp³-hybridized carbons (Fsp3) is 0.842. The van der Waals surface area contributed by atoms with Crippen LogP contribution in [0.3, 0.4) is 0 Å². The first-order valence-electron chi connectivity index (χ1n) is 9.98. The SMILES string of the molecule is Cl.Cl.Cl.c1c(C2CCOCC2)nc(C2CCNCC2)n1CCN1CCCC1. The Morgan fingerprint density at radius 1 is 0.926 bits per heavy atom. The van der Waals surface area contributed by atoms with Crippen molar-refractivity contribution >= 4 is 37.2 Å². The third-order valence-electron chi connectivity index (χ3n) is 6.03. The zero-order valence-corrected chi connectivity index (χ0v) is 18.6. The molecule has 3 fully saturated rings. The van der Waals surface area contributed by atoms with Gasteiger partial charge < -0.3 is 19.5 Å². The lowest BCUT2D eigenvalue weighted by molar-refractivity contribution is 0.0845. The first-order valence-corrected chi connectivity index (χ1v) is 9.98. The number of piperidine rings is 1. The summed E-state index contributed by atoms with van der Waals surface area (Å²) in [6.45, 7) is 8.92. The molecule has 4 rings (SSSR count). The summed E-state index contributed by atoms with van der Waals surface area (Å²) in [5, 5.41) is 3.49. The van der Waals surface area contributed by atoms with E-state index in [1.807, 2.05) is 0 Å². The highest BCUT2D eigenvalue weighted by Crippen LogP contribution is 2.30. The Bertz CT molecular complexity index is 525. The van der Waals surface area contributed by atoms with Gasteiger partial charge in [-0.15, -0.1) is 37.2 Å². The minimum Gasteiger partial charge on any atom is -0.381 e. The van der Waals surface area contributed by atoms with Crippen LogP contribution < -0.4 is 5.32 Å². The van der Waals surface area contributed by atoms with E-state index in [-0.39, 0.29) is 37.2 Å². The second kappa shape index (κ2) is 12.5. The van der Waals surface area contributed by atoms with Crippen LogP contribution in [0.4, 0.5) is 0 Å². The van der Waals surface area contributed by atoms with Crippen LogP contribution in [-0.2, 0) is 11.3 Å². The van der Waals surface area contributed by atoms with E-state index in [1.165, 1.54) is 56.8 Å². The van der Waals surface area contributed by atoms with Crippen LogP contribution in [0.1, 0.15) is 61.9 Å². The maximum atomic E-state index is 5.54. The normalized spacial score (nSPS) is 21.9. The van der Waals surface area contributed by atoms with E-state index in [1.54, 1.807) is 0 Å². The lowest BCUT2D eigenvalue weighted by Gasteiger charge is -2.24. The lowest BCUT2D eigenvalue weighted by Crippen LogP contribution is -2.29. The highest BCUT2D eigenvalue weighted by molar-refractivity contribution is 5.86. The molecule has 3 aliphatic heterocycles. The molecular formula is C19H35Cl3N4O. The molecule has 0 unspecified atom stereocenters. The number of nitrogens with zero attached hydrogens (tertiary/aromatic N) is 3. The van der Waals surface area contributed by atoms with Crippen LogP contribution in [-0.4, -0.2) is 60.4 Å². The summed E-state index contributed by atoms with van der Waals surface area (Å²) in [5.74, 6) is 2.60. The van der Waals surface area contributed by atoms with Crippen LogP contribution in [0.15, 0.2) is 6.20 Å². The van der Waals surface area contributed by atoms with E-state index < -0.39 is 0 Å². The Kier molecular flexibility index (Phi) is 11.6.